The quantitative estimate of drug-likeness (QED) is 0.615. The highest BCUT2D eigenvalue weighted by Gasteiger charge is 2.17. The van der Waals surface area contributed by atoms with Gasteiger partial charge in [-0.3, -0.25) is 9.59 Å². The summed E-state index contributed by atoms with van der Waals surface area (Å²) in [5.41, 5.74) is 2.25. The van der Waals surface area contributed by atoms with Crippen molar-refractivity contribution in [2.45, 2.75) is 58.9 Å². The van der Waals surface area contributed by atoms with Crippen LogP contribution in [0.15, 0.2) is 34.7 Å². The molecule has 4 rings (SSSR count). The Labute approximate surface area is 175 Å². The molecule has 1 N–H and O–H groups in total. The molecule has 3 aromatic rings. The van der Waals surface area contributed by atoms with E-state index in [0.29, 0.717) is 23.5 Å². The Kier molecular flexibility index (Phi) is 5.79. The number of aromatic nitrogens is 3. The lowest BCUT2D eigenvalue weighted by Crippen LogP contribution is -2.12. The topological polar surface area (TPSA) is 90.0 Å². The van der Waals surface area contributed by atoms with Gasteiger partial charge < -0.3 is 14.3 Å². The Morgan fingerprint density at radius 1 is 1.17 bits per heavy atom. The highest BCUT2D eigenvalue weighted by atomic mass is 16.3. The Morgan fingerprint density at radius 2 is 2.03 bits per heavy atom. The second kappa shape index (κ2) is 8.65. The van der Waals surface area contributed by atoms with Crippen molar-refractivity contribution in [1.82, 2.24) is 14.8 Å². The van der Waals surface area contributed by atoms with Crippen LogP contribution in [0.2, 0.25) is 0 Å². The molecule has 156 valence electrons. The highest BCUT2D eigenvalue weighted by molar-refractivity contribution is 5.95. The lowest BCUT2D eigenvalue weighted by atomic mass is 10.1. The lowest BCUT2D eigenvalue weighted by molar-refractivity contribution is -0.116. The minimum absolute atomic E-state index is 0.0323. The van der Waals surface area contributed by atoms with E-state index in [1.807, 2.05) is 24.3 Å². The number of rotatable bonds is 6. The van der Waals surface area contributed by atoms with Crippen LogP contribution in [0.5, 0.6) is 0 Å². The minimum atomic E-state index is -0.106. The number of nitrogens with zero attached hydrogens (tertiary/aromatic N) is 3. The van der Waals surface area contributed by atoms with E-state index in [0.717, 1.165) is 48.7 Å². The number of benzene rings is 1. The smallest absolute Gasteiger partial charge is 0.224 e. The summed E-state index contributed by atoms with van der Waals surface area (Å²) in [4.78, 5) is 24.0. The highest BCUT2D eigenvalue weighted by Crippen LogP contribution is 2.25. The molecule has 3 heterocycles. The van der Waals surface area contributed by atoms with Crippen LogP contribution in [0.3, 0.4) is 0 Å². The normalized spacial score (nSPS) is 13.5. The zero-order chi connectivity index (χ0) is 21.1. The fourth-order valence-electron chi connectivity index (χ4n) is 3.91. The van der Waals surface area contributed by atoms with E-state index >= 15 is 0 Å². The van der Waals surface area contributed by atoms with Gasteiger partial charge in [-0.05, 0) is 44.9 Å². The number of carbonyl (C=O) groups is 2. The van der Waals surface area contributed by atoms with Gasteiger partial charge >= 0.3 is 0 Å². The van der Waals surface area contributed by atoms with Gasteiger partial charge in [0.25, 0.3) is 0 Å². The molecule has 0 radical (unpaired) electrons. The van der Waals surface area contributed by atoms with Gasteiger partial charge in [0.05, 0.1) is 5.56 Å². The first kappa shape index (κ1) is 20.1. The van der Waals surface area contributed by atoms with Crippen molar-refractivity contribution in [2.24, 2.45) is 0 Å². The van der Waals surface area contributed by atoms with Crippen LogP contribution in [-0.2, 0) is 24.2 Å². The van der Waals surface area contributed by atoms with E-state index in [2.05, 4.69) is 20.1 Å². The predicted molar refractivity (Wildman–Crippen MR) is 113 cm³/mol. The molecule has 2 aromatic heterocycles. The third-order valence-electron chi connectivity index (χ3n) is 5.46. The number of anilines is 1. The van der Waals surface area contributed by atoms with Crippen molar-refractivity contribution in [3.05, 3.63) is 53.2 Å². The van der Waals surface area contributed by atoms with Crippen LogP contribution in [0, 0.1) is 6.92 Å². The van der Waals surface area contributed by atoms with Crippen LogP contribution in [0.1, 0.15) is 60.3 Å². The Bertz CT molecular complexity index is 1080. The minimum Gasteiger partial charge on any atom is -0.466 e. The van der Waals surface area contributed by atoms with Crippen molar-refractivity contribution >= 4 is 17.4 Å². The zero-order valence-corrected chi connectivity index (χ0v) is 17.4. The van der Waals surface area contributed by atoms with Gasteiger partial charge in [-0.15, -0.1) is 10.2 Å². The van der Waals surface area contributed by atoms with Crippen molar-refractivity contribution in [3.63, 3.8) is 0 Å². The maximum Gasteiger partial charge on any atom is 0.224 e. The Morgan fingerprint density at radius 3 is 2.83 bits per heavy atom. The van der Waals surface area contributed by atoms with Crippen molar-refractivity contribution in [3.8, 4) is 11.4 Å². The second-order valence-electron chi connectivity index (χ2n) is 7.77. The first-order valence-corrected chi connectivity index (χ1v) is 10.4. The fourth-order valence-corrected chi connectivity index (χ4v) is 3.91. The van der Waals surface area contributed by atoms with Crippen LogP contribution in [0.4, 0.5) is 5.69 Å². The number of aryl methyl sites for hydroxylation is 3. The van der Waals surface area contributed by atoms with Crippen LogP contribution >= 0.6 is 0 Å². The summed E-state index contributed by atoms with van der Waals surface area (Å²) >= 11 is 0. The fraction of sp³-hybridized carbons (Fsp3) is 0.391. The number of nitrogens with one attached hydrogen (secondary N) is 1. The molecule has 1 aliphatic heterocycles. The third-order valence-corrected chi connectivity index (χ3v) is 5.46. The van der Waals surface area contributed by atoms with Crippen LogP contribution in [0.25, 0.3) is 11.4 Å². The lowest BCUT2D eigenvalue weighted by Gasteiger charge is -2.09. The molecule has 0 bridgehead atoms. The molecule has 1 aromatic carbocycles. The number of hydrogen-bond donors (Lipinski definition) is 1. The van der Waals surface area contributed by atoms with Gasteiger partial charge in [0.2, 0.25) is 5.91 Å². The number of hydrogen-bond acceptors (Lipinski definition) is 5. The summed E-state index contributed by atoms with van der Waals surface area (Å²) in [6, 6.07) is 9.44. The first-order chi connectivity index (χ1) is 14.5. The average Bonchev–Trinajstić information content (AvgIpc) is 3.22. The molecule has 0 fully saturated rings. The van der Waals surface area contributed by atoms with Gasteiger partial charge in [0.15, 0.2) is 11.6 Å². The number of furan rings is 1. The van der Waals surface area contributed by atoms with Crippen LogP contribution < -0.4 is 5.32 Å². The molecule has 1 amide bonds. The second-order valence-corrected chi connectivity index (χ2v) is 7.77. The van der Waals surface area contributed by atoms with E-state index in [4.69, 9.17) is 4.42 Å². The van der Waals surface area contributed by atoms with Gasteiger partial charge in [-0.25, -0.2) is 0 Å². The molecule has 0 atom stereocenters. The number of Topliss-reactive ketones (excluding diaryl/α,β-unsaturated/α-hetero) is 1. The molecule has 7 nitrogen and oxygen atoms in total. The SMILES string of the molecule is CC(=O)c1cc(CCC(=O)Nc2cccc(-c3nnc4n3CCCCC4)c2)oc1C. The molecular formula is C23H26N4O3. The summed E-state index contributed by atoms with van der Waals surface area (Å²) in [6.45, 7) is 4.20. The van der Waals surface area contributed by atoms with E-state index in [1.54, 1.807) is 13.0 Å². The average molecular weight is 406 g/mol. The van der Waals surface area contributed by atoms with E-state index < -0.39 is 0 Å². The largest absolute Gasteiger partial charge is 0.466 e. The van der Waals surface area contributed by atoms with Gasteiger partial charge in [0, 0.05) is 37.1 Å². The van der Waals surface area contributed by atoms with Gasteiger partial charge in [-0.1, -0.05) is 18.6 Å². The summed E-state index contributed by atoms with van der Waals surface area (Å²) in [5.74, 6) is 2.99. The summed E-state index contributed by atoms with van der Waals surface area (Å²) in [5, 5.41) is 11.7. The van der Waals surface area contributed by atoms with Crippen LogP contribution in [-0.4, -0.2) is 26.5 Å². The van der Waals surface area contributed by atoms with E-state index in [-0.39, 0.29) is 18.1 Å². The number of amides is 1. The molecule has 0 unspecified atom stereocenters. The molecule has 0 saturated heterocycles. The van der Waals surface area contributed by atoms with Crippen molar-refractivity contribution in [2.75, 3.05) is 5.32 Å². The van der Waals surface area contributed by atoms with E-state index in [9.17, 15) is 9.59 Å². The van der Waals surface area contributed by atoms with Crippen molar-refractivity contribution < 1.29 is 14.0 Å². The maximum atomic E-state index is 12.4. The number of fused-ring (bicyclic) bond motifs is 1. The summed E-state index contributed by atoms with van der Waals surface area (Å²) < 4.78 is 7.78. The van der Waals surface area contributed by atoms with Gasteiger partial charge in [0.1, 0.15) is 17.3 Å². The molecule has 30 heavy (non-hydrogen) atoms. The Balaban J connectivity index is 1.42. The molecule has 0 aliphatic carbocycles. The van der Waals surface area contributed by atoms with Crippen molar-refractivity contribution in [1.29, 1.82) is 0 Å². The maximum absolute atomic E-state index is 12.4. The predicted octanol–water partition coefficient (Wildman–Crippen LogP) is 4.35. The third kappa shape index (κ3) is 4.35. The van der Waals surface area contributed by atoms with Gasteiger partial charge in [-0.2, -0.15) is 0 Å². The molecular weight excluding hydrogens is 380 g/mol. The number of ketones is 1. The summed E-state index contributed by atoms with van der Waals surface area (Å²) in [7, 11) is 0. The number of carbonyl (C=O) groups excluding carboxylic acids is 2. The molecule has 1 aliphatic rings. The van der Waals surface area contributed by atoms with E-state index in [1.165, 1.54) is 13.3 Å². The monoisotopic (exact) mass is 406 g/mol. The molecule has 7 heteroatoms. The summed E-state index contributed by atoms with van der Waals surface area (Å²) in [6.07, 6.45) is 5.17. The Hall–Kier alpha value is -3.22. The molecule has 0 saturated carbocycles. The standard InChI is InChI=1S/C23H26N4O3/c1-15(28)20-14-19(30-16(20)2)10-11-22(29)24-18-8-6-7-17(13-18)23-26-25-21-9-4-3-5-12-27(21)23/h6-8,13-14H,3-5,9-12H2,1-2H3,(H,24,29). The molecule has 0 spiro atoms. The first-order valence-electron chi connectivity index (χ1n) is 10.4. The zero-order valence-electron chi connectivity index (χ0n) is 17.4.